The van der Waals surface area contributed by atoms with Gasteiger partial charge in [0.1, 0.15) is 8.24 Å². The molecule has 0 radical (unpaired) electrons. The minimum atomic E-state index is -1.30. The van der Waals surface area contributed by atoms with Gasteiger partial charge < -0.3 is 4.98 Å². The van der Waals surface area contributed by atoms with Gasteiger partial charge in [0.05, 0.1) is 0 Å². The van der Waals surface area contributed by atoms with Crippen LogP contribution in [-0.2, 0) is 0 Å². The van der Waals surface area contributed by atoms with E-state index in [1.165, 1.54) is 49.8 Å². The maximum absolute atomic E-state index is 3.77. The molecule has 0 spiro atoms. The van der Waals surface area contributed by atoms with Crippen LogP contribution in [0.5, 0.6) is 0 Å². The second-order valence-corrected chi connectivity index (χ2v) is 11.3. The van der Waals surface area contributed by atoms with E-state index < -0.39 is 8.24 Å². The summed E-state index contributed by atoms with van der Waals surface area (Å²) < 4.78 is 0. The lowest BCUT2D eigenvalue weighted by molar-refractivity contribution is 0.637. The van der Waals surface area contributed by atoms with Crippen molar-refractivity contribution in [1.29, 1.82) is 0 Å². The van der Waals surface area contributed by atoms with E-state index in [1.54, 1.807) is 0 Å². The molecule has 0 aromatic heterocycles. The van der Waals surface area contributed by atoms with Gasteiger partial charge in [-0.25, -0.2) is 0 Å². The summed E-state index contributed by atoms with van der Waals surface area (Å²) in [5.41, 5.74) is 2.66. The van der Waals surface area contributed by atoms with Gasteiger partial charge >= 0.3 is 0 Å². The number of hydrogen-bond donors (Lipinski definition) is 1. The van der Waals surface area contributed by atoms with Gasteiger partial charge in [0.15, 0.2) is 0 Å². The van der Waals surface area contributed by atoms with E-state index in [-0.39, 0.29) is 0 Å². The summed E-state index contributed by atoms with van der Waals surface area (Å²) in [5.74, 6) is 0. The molecular formula is C18H31NSi. The zero-order valence-corrected chi connectivity index (χ0v) is 14.7. The van der Waals surface area contributed by atoms with Crippen molar-refractivity contribution in [2.75, 3.05) is 0 Å². The van der Waals surface area contributed by atoms with E-state index in [0.717, 1.165) is 0 Å². The molecule has 0 heterocycles. The van der Waals surface area contributed by atoms with Crippen molar-refractivity contribution in [2.24, 2.45) is 0 Å². The Morgan fingerprint density at radius 1 is 1.00 bits per heavy atom. The zero-order chi connectivity index (χ0) is 14.8. The van der Waals surface area contributed by atoms with E-state index in [4.69, 9.17) is 0 Å². The largest absolute Gasteiger partial charge is 0.411 e. The van der Waals surface area contributed by atoms with Crippen molar-refractivity contribution in [3.05, 3.63) is 42.0 Å². The fourth-order valence-corrected chi connectivity index (χ4v) is 3.31. The number of allylic oxidation sites excluding steroid dienone is 1. The molecule has 20 heavy (non-hydrogen) atoms. The van der Waals surface area contributed by atoms with Crippen molar-refractivity contribution in [2.45, 2.75) is 65.1 Å². The molecule has 0 unspecified atom stereocenters. The minimum absolute atomic E-state index is 1.19. The summed E-state index contributed by atoms with van der Waals surface area (Å²) in [6, 6.07) is 10.7. The van der Waals surface area contributed by atoms with Crippen LogP contribution in [0.1, 0.15) is 51.0 Å². The maximum Gasteiger partial charge on any atom is 0.144 e. The highest BCUT2D eigenvalue weighted by molar-refractivity contribution is 6.74. The first-order valence-corrected chi connectivity index (χ1v) is 11.6. The van der Waals surface area contributed by atoms with E-state index in [9.17, 15) is 0 Å². The lowest BCUT2D eigenvalue weighted by Gasteiger charge is -2.22. The lowest BCUT2D eigenvalue weighted by atomic mass is 10.1. The van der Waals surface area contributed by atoms with Crippen LogP contribution >= 0.6 is 0 Å². The number of nitrogens with one attached hydrogen (secondary N) is 1. The molecule has 0 aliphatic carbocycles. The van der Waals surface area contributed by atoms with Gasteiger partial charge in [-0.2, -0.15) is 0 Å². The molecule has 1 nitrogen and oxygen atoms in total. The molecule has 1 rings (SSSR count). The first-order valence-electron chi connectivity index (χ1n) is 8.06. The van der Waals surface area contributed by atoms with Gasteiger partial charge in [0, 0.05) is 5.70 Å². The summed E-state index contributed by atoms with van der Waals surface area (Å²) in [7, 11) is -1.30. The third-order valence-corrected chi connectivity index (χ3v) is 4.27. The van der Waals surface area contributed by atoms with Crippen molar-refractivity contribution in [3.63, 3.8) is 0 Å². The summed E-state index contributed by atoms with van der Waals surface area (Å²) >= 11 is 0. The summed E-state index contributed by atoms with van der Waals surface area (Å²) in [5, 5.41) is 0. The summed E-state index contributed by atoms with van der Waals surface area (Å²) in [6.07, 6.45) is 10.3. The van der Waals surface area contributed by atoms with Crippen LogP contribution in [0.3, 0.4) is 0 Å². The third kappa shape index (κ3) is 7.54. The standard InChI is InChI=1S/C18H31NSi/c1-5-6-7-8-9-13-16-18(19-20(2,3)4)17-14-11-10-12-15-17/h10-12,14-16,19H,5-9,13H2,1-4H3/b18-16-. The maximum atomic E-state index is 3.77. The quantitative estimate of drug-likeness (QED) is 0.446. The SMILES string of the molecule is CCCCCCC/C=C(\N[Si](C)(C)C)c1ccccc1. The molecule has 1 aromatic carbocycles. The molecule has 2 heteroatoms. The van der Waals surface area contributed by atoms with Crippen molar-refractivity contribution >= 4 is 13.9 Å². The second-order valence-electron chi connectivity index (χ2n) is 6.56. The van der Waals surface area contributed by atoms with Gasteiger partial charge in [-0.1, -0.05) is 88.7 Å². The predicted molar refractivity (Wildman–Crippen MR) is 94.3 cm³/mol. The average Bonchev–Trinajstić information content (AvgIpc) is 2.41. The fourth-order valence-electron chi connectivity index (χ4n) is 2.26. The molecule has 1 aromatic rings. The van der Waals surface area contributed by atoms with Crippen LogP contribution in [-0.4, -0.2) is 8.24 Å². The van der Waals surface area contributed by atoms with Gasteiger partial charge in [-0.05, 0) is 18.4 Å². The van der Waals surface area contributed by atoms with Crippen LogP contribution < -0.4 is 4.98 Å². The number of hydrogen-bond acceptors (Lipinski definition) is 1. The Morgan fingerprint density at radius 3 is 2.25 bits per heavy atom. The minimum Gasteiger partial charge on any atom is -0.411 e. The summed E-state index contributed by atoms with van der Waals surface area (Å²) in [4.78, 5) is 3.77. The van der Waals surface area contributed by atoms with Crippen molar-refractivity contribution in [3.8, 4) is 0 Å². The second kappa shape index (κ2) is 9.01. The van der Waals surface area contributed by atoms with Crippen LogP contribution in [0, 0.1) is 0 Å². The van der Waals surface area contributed by atoms with E-state index in [0.29, 0.717) is 0 Å². The first-order chi connectivity index (χ1) is 9.53. The highest BCUT2D eigenvalue weighted by Crippen LogP contribution is 2.16. The van der Waals surface area contributed by atoms with Crippen LogP contribution in [0.4, 0.5) is 0 Å². The number of benzene rings is 1. The molecule has 0 fully saturated rings. The molecule has 0 aliphatic heterocycles. The van der Waals surface area contributed by atoms with Crippen molar-refractivity contribution in [1.82, 2.24) is 4.98 Å². The lowest BCUT2D eigenvalue weighted by Crippen LogP contribution is -2.39. The zero-order valence-electron chi connectivity index (χ0n) is 13.7. The molecule has 0 atom stereocenters. The van der Waals surface area contributed by atoms with Gasteiger partial charge in [-0.15, -0.1) is 0 Å². The predicted octanol–water partition coefficient (Wildman–Crippen LogP) is 5.81. The highest BCUT2D eigenvalue weighted by Gasteiger charge is 2.14. The normalized spacial score (nSPS) is 12.5. The smallest absolute Gasteiger partial charge is 0.144 e. The van der Waals surface area contributed by atoms with E-state index in [1.807, 2.05) is 0 Å². The molecule has 0 saturated carbocycles. The molecule has 1 N–H and O–H groups in total. The number of unbranched alkanes of at least 4 members (excludes halogenated alkanes) is 5. The molecule has 0 bridgehead atoms. The van der Waals surface area contributed by atoms with Gasteiger partial charge in [0.25, 0.3) is 0 Å². The molecule has 0 saturated heterocycles. The van der Waals surface area contributed by atoms with Gasteiger partial charge in [-0.3, -0.25) is 0 Å². The van der Waals surface area contributed by atoms with Crippen LogP contribution in [0.15, 0.2) is 36.4 Å². The summed E-state index contributed by atoms with van der Waals surface area (Å²) in [6.45, 7) is 9.33. The van der Waals surface area contributed by atoms with Gasteiger partial charge in [0.2, 0.25) is 0 Å². The van der Waals surface area contributed by atoms with E-state index >= 15 is 0 Å². The van der Waals surface area contributed by atoms with Crippen LogP contribution in [0.25, 0.3) is 5.70 Å². The fraction of sp³-hybridized carbons (Fsp3) is 0.556. The van der Waals surface area contributed by atoms with Crippen LogP contribution in [0.2, 0.25) is 19.6 Å². The molecule has 0 aliphatic rings. The Balaban J connectivity index is 2.59. The molecule has 0 amide bonds. The Labute approximate surface area is 126 Å². The first kappa shape index (κ1) is 17.0. The monoisotopic (exact) mass is 289 g/mol. The Hall–Kier alpha value is -1.02. The molecular weight excluding hydrogens is 258 g/mol. The Bertz CT molecular complexity index is 390. The third-order valence-electron chi connectivity index (χ3n) is 3.25. The highest BCUT2D eigenvalue weighted by atomic mass is 28.3. The topological polar surface area (TPSA) is 12.0 Å². The Kier molecular flexibility index (Phi) is 7.67. The van der Waals surface area contributed by atoms with E-state index in [2.05, 4.69) is 68.0 Å². The average molecular weight is 290 g/mol. The Morgan fingerprint density at radius 2 is 1.65 bits per heavy atom. The van der Waals surface area contributed by atoms with Crippen molar-refractivity contribution < 1.29 is 0 Å². The number of rotatable bonds is 9. The molecule has 112 valence electrons.